The number of fused-ring (bicyclic) bond motifs is 1. The molecule has 3 rings (SSSR count). The maximum atomic E-state index is 4.17. The molecule has 1 heterocycles. The molecule has 3 heteroatoms. The van der Waals surface area contributed by atoms with Gasteiger partial charge in [-0.3, -0.25) is 0 Å². The molecule has 100 valence electrons. The van der Waals surface area contributed by atoms with E-state index in [9.17, 15) is 0 Å². The van der Waals surface area contributed by atoms with Crippen molar-refractivity contribution in [3.8, 4) is 0 Å². The van der Waals surface area contributed by atoms with Gasteiger partial charge in [0.1, 0.15) is 0 Å². The van der Waals surface area contributed by atoms with Gasteiger partial charge in [0.15, 0.2) is 0 Å². The first kappa shape index (κ1) is 12.4. The quantitative estimate of drug-likeness (QED) is 0.881. The number of benzene rings is 1. The van der Waals surface area contributed by atoms with Crippen LogP contribution in [0.15, 0.2) is 30.5 Å². The van der Waals surface area contributed by atoms with Crippen LogP contribution in [0.1, 0.15) is 39.5 Å². The fourth-order valence-electron chi connectivity index (χ4n) is 2.89. The zero-order chi connectivity index (χ0) is 13.3. The summed E-state index contributed by atoms with van der Waals surface area (Å²) in [5.74, 6) is 0. The molecule has 0 radical (unpaired) electrons. The SMILES string of the molecule is CC1(C)CCC(Nc2cnnc3ccccc23)CC1. The first-order valence-electron chi connectivity index (χ1n) is 7.11. The third kappa shape index (κ3) is 2.70. The Kier molecular flexibility index (Phi) is 3.13. The lowest BCUT2D eigenvalue weighted by Crippen LogP contribution is -2.29. The average molecular weight is 255 g/mol. The average Bonchev–Trinajstić information content (AvgIpc) is 2.42. The Balaban J connectivity index is 1.79. The predicted molar refractivity (Wildman–Crippen MR) is 79.2 cm³/mol. The van der Waals surface area contributed by atoms with Crippen molar-refractivity contribution in [1.82, 2.24) is 10.2 Å². The Morgan fingerprint density at radius 3 is 2.68 bits per heavy atom. The minimum atomic E-state index is 0.511. The van der Waals surface area contributed by atoms with E-state index in [1.807, 2.05) is 18.3 Å². The predicted octanol–water partition coefficient (Wildman–Crippen LogP) is 4.01. The van der Waals surface area contributed by atoms with Crippen LogP contribution in [0.3, 0.4) is 0 Å². The molecule has 0 spiro atoms. The van der Waals surface area contributed by atoms with Gasteiger partial charge in [0.2, 0.25) is 0 Å². The summed E-state index contributed by atoms with van der Waals surface area (Å²) >= 11 is 0. The van der Waals surface area contributed by atoms with Crippen LogP contribution >= 0.6 is 0 Å². The zero-order valence-electron chi connectivity index (χ0n) is 11.7. The fourth-order valence-corrected chi connectivity index (χ4v) is 2.89. The third-order valence-corrected chi connectivity index (χ3v) is 4.25. The summed E-state index contributed by atoms with van der Waals surface area (Å²) < 4.78 is 0. The van der Waals surface area contributed by atoms with Crippen molar-refractivity contribution in [3.05, 3.63) is 30.5 Å². The highest BCUT2D eigenvalue weighted by atomic mass is 15.1. The lowest BCUT2D eigenvalue weighted by Gasteiger charge is -2.35. The van der Waals surface area contributed by atoms with E-state index >= 15 is 0 Å². The number of anilines is 1. The second-order valence-electron chi connectivity index (χ2n) is 6.36. The summed E-state index contributed by atoms with van der Waals surface area (Å²) in [6.45, 7) is 4.74. The molecule has 2 aromatic rings. The standard InChI is InChI=1S/C16H21N3/c1-16(2)9-7-12(8-10-16)18-15-11-17-19-14-6-4-3-5-13(14)15/h3-6,11-12H,7-10H2,1-2H3,(H,18,19). The Morgan fingerprint density at radius 2 is 1.89 bits per heavy atom. The molecule has 0 amide bonds. The van der Waals surface area contributed by atoms with E-state index in [2.05, 4.69) is 41.5 Å². The van der Waals surface area contributed by atoms with Gasteiger partial charge in [-0.1, -0.05) is 32.0 Å². The molecule has 1 aromatic heterocycles. The van der Waals surface area contributed by atoms with Gasteiger partial charge in [0.25, 0.3) is 0 Å². The van der Waals surface area contributed by atoms with Gasteiger partial charge in [-0.05, 0) is 37.2 Å². The van der Waals surface area contributed by atoms with Crippen LogP contribution in [0.2, 0.25) is 0 Å². The molecule has 0 saturated heterocycles. The van der Waals surface area contributed by atoms with Gasteiger partial charge >= 0.3 is 0 Å². The van der Waals surface area contributed by atoms with Crippen LogP contribution in [-0.2, 0) is 0 Å². The minimum Gasteiger partial charge on any atom is -0.380 e. The number of hydrogen-bond acceptors (Lipinski definition) is 3. The van der Waals surface area contributed by atoms with Gasteiger partial charge < -0.3 is 5.32 Å². The van der Waals surface area contributed by atoms with Crippen LogP contribution in [0.5, 0.6) is 0 Å². The zero-order valence-corrected chi connectivity index (χ0v) is 11.7. The summed E-state index contributed by atoms with van der Waals surface area (Å²) in [5, 5.41) is 13.1. The van der Waals surface area contributed by atoms with E-state index in [0.29, 0.717) is 11.5 Å². The fraction of sp³-hybridized carbons (Fsp3) is 0.500. The molecular weight excluding hydrogens is 234 g/mol. The van der Waals surface area contributed by atoms with Gasteiger partial charge in [0, 0.05) is 11.4 Å². The van der Waals surface area contributed by atoms with E-state index in [4.69, 9.17) is 0 Å². The molecule has 0 aliphatic heterocycles. The Bertz CT molecular complexity index is 562. The number of nitrogens with zero attached hydrogens (tertiary/aromatic N) is 2. The van der Waals surface area contributed by atoms with Crippen molar-refractivity contribution in [2.45, 2.75) is 45.6 Å². The van der Waals surface area contributed by atoms with E-state index in [0.717, 1.165) is 11.2 Å². The summed E-state index contributed by atoms with van der Waals surface area (Å²) in [5.41, 5.74) is 2.59. The van der Waals surface area contributed by atoms with Crippen LogP contribution < -0.4 is 5.32 Å². The largest absolute Gasteiger partial charge is 0.380 e. The van der Waals surface area contributed by atoms with E-state index in [1.165, 1.54) is 31.1 Å². The molecule has 1 aromatic carbocycles. The summed E-state index contributed by atoms with van der Waals surface area (Å²) in [6, 6.07) is 8.75. The lowest BCUT2D eigenvalue weighted by molar-refractivity contribution is 0.232. The second kappa shape index (κ2) is 4.80. The van der Waals surface area contributed by atoms with Gasteiger partial charge in [-0.15, -0.1) is 0 Å². The summed E-state index contributed by atoms with van der Waals surface area (Å²) in [7, 11) is 0. The molecule has 1 aliphatic carbocycles. The van der Waals surface area contributed by atoms with Gasteiger partial charge in [0.05, 0.1) is 17.4 Å². The lowest BCUT2D eigenvalue weighted by atomic mass is 9.75. The van der Waals surface area contributed by atoms with Crippen LogP contribution in [0.4, 0.5) is 5.69 Å². The highest BCUT2D eigenvalue weighted by Crippen LogP contribution is 2.36. The Morgan fingerprint density at radius 1 is 1.16 bits per heavy atom. The number of hydrogen-bond donors (Lipinski definition) is 1. The second-order valence-corrected chi connectivity index (χ2v) is 6.36. The van der Waals surface area contributed by atoms with Crippen LogP contribution in [-0.4, -0.2) is 16.2 Å². The van der Waals surface area contributed by atoms with Crippen molar-refractivity contribution < 1.29 is 0 Å². The molecule has 1 saturated carbocycles. The van der Waals surface area contributed by atoms with Crippen molar-refractivity contribution in [3.63, 3.8) is 0 Å². The molecule has 3 nitrogen and oxygen atoms in total. The molecule has 0 bridgehead atoms. The van der Waals surface area contributed by atoms with E-state index < -0.39 is 0 Å². The van der Waals surface area contributed by atoms with Gasteiger partial charge in [-0.25, -0.2) is 0 Å². The molecule has 1 fully saturated rings. The highest BCUT2D eigenvalue weighted by Gasteiger charge is 2.26. The van der Waals surface area contributed by atoms with Crippen molar-refractivity contribution >= 4 is 16.6 Å². The van der Waals surface area contributed by atoms with E-state index in [-0.39, 0.29) is 0 Å². The third-order valence-electron chi connectivity index (χ3n) is 4.25. The van der Waals surface area contributed by atoms with E-state index in [1.54, 1.807) is 0 Å². The summed E-state index contributed by atoms with van der Waals surface area (Å²) in [4.78, 5) is 0. The monoisotopic (exact) mass is 255 g/mol. The minimum absolute atomic E-state index is 0.511. The summed E-state index contributed by atoms with van der Waals surface area (Å²) in [6.07, 6.45) is 6.91. The number of aromatic nitrogens is 2. The normalized spacial score (nSPS) is 19.5. The molecular formula is C16H21N3. The Hall–Kier alpha value is -1.64. The van der Waals surface area contributed by atoms with Crippen molar-refractivity contribution in [2.75, 3.05) is 5.32 Å². The first-order chi connectivity index (χ1) is 9.14. The molecule has 0 unspecified atom stereocenters. The Labute approximate surface area is 114 Å². The molecule has 0 atom stereocenters. The van der Waals surface area contributed by atoms with Gasteiger partial charge in [-0.2, -0.15) is 10.2 Å². The maximum absolute atomic E-state index is 4.17. The van der Waals surface area contributed by atoms with Crippen LogP contribution in [0, 0.1) is 5.41 Å². The molecule has 1 N–H and O–H groups in total. The molecule has 19 heavy (non-hydrogen) atoms. The highest BCUT2D eigenvalue weighted by molar-refractivity contribution is 5.90. The number of rotatable bonds is 2. The van der Waals surface area contributed by atoms with Crippen LogP contribution in [0.25, 0.3) is 10.9 Å². The maximum Gasteiger partial charge on any atom is 0.0950 e. The smallest absolute Gasteiger partial charge is 0.0950 e. The van der Waals surface area contributed by atoms with Crippen molar-refractivity contribution in [1.29, 1.82) is 0 Å². The number of nitrogens with one attached hydrogen (secondary N) is 1. The first-order valence-corrected chi connectivity index (χ1v) is 7.11. The topological polar surface area (TPSA) is 37.8 Å². The molecule has 1 aliphatic rings. The van der Waals surface area contributed by atoms with Crippen molar-refractivity contribution in [2.24, 2.45) is 5.41 Å².